The quantitative estimate of drug-likeness (QED) is 0.647. The predicted molar refractivity (Wildman–Crippen MR) is 85.4 cm³/mol. The van der Waals surface area contributed by atoms with Crippen LogP contribution in [0.15, 0.2) is 29.6 Å². The van der Waals surface area contributed by atoms with Crippen LogP contribution in [0.25, 0.3) is 0 Å². The normalized spacial score (nSPS) is 12.7. The third-order valence-electron chi connectivity index (χ3n) is 2.95. The Morgan fingerprint density at radius 3 is 2.55 bits per heavy atom. The van der Waals surface area contributed by atoms with Crippen LogP contribution < -0.4 is 16.0 Å². The Labute approximate surface area is 128 Å². The van der Waals surface area contributed by atoms with E-state index in [4.69, 9.17) is 22.2 Å². The topological polar surface area (TPSA) is 47.3 Å². The number of para-hydroxylation sites is 1. The van der Waals surface area contributed by atoms with E-state index in [1.54, 1.807) is 11.3 Å². The Morgan fingerprint density at radius 2 is 2.00 bits per heavy atom. The van der Waals surface area contributed by atoms with Gasteiger partial charge in [-0.1, -0.05) is 29.8 Å². The summed E-state index contributed by atoms with van der Waals surface area (Å²) in [5.74, 6) is 6.58. The lowest BCUT2D eigenvalue weighted by Crippen LogP contribution is -2.29. The maximum absolute atomic E-state index is 6.36. The minimum atomic E-state index is -0.170. The van der Waals surface area contributed by atoms with Crippen molar-refractivity contribution in [3.05, 3.63) is 50.7 Å². The fourth-order valence-electron chi connectivity index (χ4n) is 2.03. The van der Waals surface area contributed by atoms with Gasteiger partial charge in [0, 0.05) is 10.4 Å². The summed E-state index contributed by atoms with van der Waals surface area (Å²) in [7, 11) is 0. The second kappa shape index (κ2) is 6.59. The first kappa shape index (κ1) is 15.3. The molecule has 2 aromatic rings. The van der Waals surface area contributed by atoms with Crippen molar-refractivity contribution < 1.29 is 4.74 Å². The van der Waals surface area contributed by atoms with E-state index in [9.17, 15) is 0 Å². The fourth-order valence-corrected chi connectivity index (χ4v) is 3.41. The second-order valence-electron chi connectivity index (χ2n) is 4.90. The monoisotopic (exact) mass is 310 g/mol. The molecule has 3 N–H and O–H groups in total. The number of rotatable bonds is 5. The van der Waals surface area contributed by atoms with Crippen LogP contribution in [-0.2, 0) is 0 Å². The average molecular weight is 311 g/mol. The van der Waals surface area contributed by atoms with Gasteiger partial charge in [0.2, 0.25) is 0 Å². The van der Waals surface area contributed by atoms with Gasteiger partial charge in [-0.05, 0) is 37.8 Å². The molecule has 0 bridgehead atoms. The van der Waals surface area contributed by atoms with Crippen molar-refractivity contribution in [2.24, 2.45) is 5.84 Å². The lowest BCUT2D eigenvalue weighted by Gasteiger charge is -2.20. The molecule has 0 fully saturated rings. The molecule has 3 nitrogen and oxygen atoms in total. The molecule has 1 aromatic heterocycles. The highest BCUT2D eigenvalue weighted by Crippen LogP contribution is 2.38. The van der Waals surface area contributed by atoms with Crippen molar-refractivity contribution in [2.45, 2.75) is 32.9 Å². The average Bonchev–Trinajstić information content (AvgIpc) is 2.73. The van der Waals surface area contributed by atoms with Crippen LogP contribution in [0.1, 0.15) is 35.9 Å². The summed E-state index contributed by atoms with van der Waals surface area (Å²) in [5, 5.41) is 2.80. The largest absolute Gasteiger partial charge is 0.491 e. The van der Waals surface area contributed by atoms with Gasteiger partial charge in [-0.2, -0.15) is 0 Å². The van der Waals surface area contributed by atoms with E-state index in [1.807, 2.05) is 50.4 Å². The zero-order valence-electron chi connectivity index (χ0n) is 11.8. The predicted octanol–water partition coefficient (Wildman–Crippen LogP) is 4.05. The molecule has 0 saturated heterocycles. The van der Waals surface area contributed by atoms with Gasteiger partial charge in [-0.15, -0.1) is 11.3 Å². The SMILES string of the molecule is Cc1csc(C(NN)c2ccccc2OC(C)C)c1Cl. The fraction of sp³-hybridized carbons (Fsp3) is 0.333. The van der Waals surface area contributed by atoms with E-state index in [0.717, 1.165) is 26.8 Å². The van der Waals surface area contributed by atoms with Crippen LogP contribution in [0.3, 0.4) is 0 Å². The van der Waals surface area contributed by atoms with E-state index in [-0.39, 0.29) is 12.1 Å². The molecule has 0 radical (unpaired) electrons. The van der Waals surface area contributed by atoms with E-state index in [0.29, 0.717) is 0 Å². The lowest BCUT2D eigenvalue weighted by molar-refractivity contribution is 0.238. The molecule has 5 heteroatoms. The third-order valence-corrected chi connectivity index (χ3v) is 4.73. The maximum Gasteiger partial charge on any atom is 0.124 e. The number of hydrogen-bond donors (Lipinski definition) is 2. The number of nitrogens with one attached hydrogen (secondary N) is 1. The van der Waals surface area contributed by atoms with Crippen LogP contribution >= 0.6 is 22.9 Å². The number of nitrogens with two attached hydrogens (primary N) is 1. The summed E-state index contributed by atoms with van der Waals surface area (Å²) in [4.78, 5) is 1.01. The third kappa shape index (κ3) is 3.15. The standard InChI is InChI=1S/C15H19ClN2OS/c1-9(2)19-12-7-5-4-6-11(12)14(18-17)15-13(16)10(3)8-20-15/h4-9,14,18H,17H2,1-3H3. The first-order valence-electron chi connectivity index (χ1n) is 6.49. The molecule has 1 aromatic carbocycles. The summed E-state index contributed by atoms with van der Waals surface area (Å²) in [6.07, 6.45) is 0.107. The molecule has 108 valence electrons. The summed E-state index contributed by atoms with van der Waals surface area (Å²) in [6, 6.07) is 7.72. The number of hydrazine groups is 1. The minimum absolute atomic E-state index is 0.107. The van der Waals surface area contributed by atoms with E-state index in [2.05, 4.69) is 5.43 Å². The highest BCUT2D eigenvalue weighted by Gasteiger charge is 2.22. The number of benzene rings is 1. The summed E-state index contributed by atoms with van der Waals surface area (Å²) in [5.41, 5.74) is 4.91. The first-order chi connectivity index (χ1) is 9.54. The van der Waals surface area contributed by atoms with E-state index < -0.39 is 0 Å². The molecular formula is C15H19ClN2OS. The molecule has 0 saturated carbocycles. The van der Waals surface area contributed by atoms with Crippen LogP contribution in [-0.4, -0.2) is 6.10 Å². The van der Waals surface area contributed by atoms with Crippen LogP contribution in [0.2, 0.25) is 5.02 Å². The Balaban J connectivity index is 2.44. The molecule has 0 spiro atoms. The Morgan fingerprint density at radius 1 is 1.30 bits per heavy atom. The van der Waals surface area contributed by atoms with Gasteiger partial charge in [0.1, 0.15) is 5.75 Å². The van der Waals surface area contributed by atoms with Gasteiger partial charge in [-0.25, -0.2) is 5.43 Å². The Hall–Kier alpha value is -1.07. The van der Waals surface area contributed by atoms with Crippen molar-refractivity contribution in [2.75, 3.05) is 0 Å². The van der Waals surface area contributed by atoms with Crippen molar-refractivity contribution in [3.8, 4) is 5.75 Å². The number of halogens is 1. The molecule has 1 atom stereocenters. The second-order valence-corrected chi connectivity index (χ2v) is 6.19. The number of ether oxygens (including phenoxy) is 1. The highest BCUT2D eigenvalue weighted by atomic mass is 35.5. The van der Waals surface area contributed by atoms with Crippen molar-refractivity contribution in [1.29, 1.82) is 0 Å². The number of thiophene rings is 1. The van der Waals surface area contributed by atoms with Crippen molar-refractivity contribution in [3.63, 3.8) is 0 Å². The lowest BCUT2D eigenvalue weighted by atomic mass is 10.0. The molecule has 0 amide bonds. The zero-order valence-corrected chi connectivity index (χ0v) is 13.4. The summed E-state index contributed by atoms with van der Waals surface area (Å²) >= 11 is 7.97. The van der Waals surface area contributed by atoms with Gasteiger partial charge in [-0.3, -0.25) is 5.84 Å². The maximum atomic E-state index is 6.36. The summed E-state index contributed by atoms with van der Waals surface area (Å²) < 4.78 is 5.86. The van der Waals surface area contributed by atoms with Gasteiger partial charge < -0.3 is 4.74 Å². The molecule has 2 rings (SSSR count). The Kier molecular flexibility index (Phi) is 5.05. The molecule has 20 heavy (non-hydrogen) atoms. The molecule has 1 heterocycles. The van der Waals surface area contributed by atoms with Crippen LogP contribution in [0, 0.1) is 6.92 Å². The molecular weight excluding hydrogens is 292 g/mol. The van der Waals surface area contributed by atoms with Gasteiger partial charge >= 0.3 is 0 Å². The van der Waals surface area contributed by atoms with Crippen molar-refractivity contribution in [1.82, 2.24) is 5.43 Å². The zero-order chi connectivity index (χ0) is 14.7. The van der Waals surface area contributed by atoms with E-state index >= 15 is 0 Å². The molecule has 0 aliphatic carbocycles. The Bertz CT molecular complexity index is 583. The van der Waals surface area contributed by atoms with Crippen molar-refractivity contribution >= 4 is 22.9 Å². The summed E-state index contributed by atoms with van der Waals surface area (Å²) in [6.45, 7) is 6.00. The number of aryl methyl sites for hydroxylation is 1. The minimum Gasteiger partial charge on any atom is -0.491 e. The molecule has 1 unspecified atom stereocenters. The van der Waals surface area contributed by atoms with E-state index in [1.165, 1.54) is 0 Å². The number of hydrogen-bond acceptors (Lipinski definition) is 4. The first-order valence-corrected chi connectivity index (χ1v) is 7.75. The van der Waals surface area contributed by atoms with Gasteiger partial charge in [0.15, 0.2) is 0 Å². The van der Waals surface area contributed by atoms with Gasteiger partial charge in [0.25, 0.3) is 0 Å². The molecule has 0 aliphatic rings. The smallest absolute Gasteiger partial charge is 0.124 e. The molecule has 0 aliphatic heterocycles. The van der Waals surface area contributed by atoms with Gasteiger partial charge in [0.05, 0.1) is 17.2 Å². The highest BCUT2D eigenvalue weighted by molar-refractivity contribution is 7.10. The van der Waals surface area contributed by atoms with Crippen LogP contribution in [0.4, 0.5) is 0 Å². The van der Waals surface area contributed by atoms with Crippen LogP contribution in [0.5, 0.6) is 5.75 Å².